The maximum absolute atomic E-state index is 5.54. The van der Waals surface area contributed by atoms with E-state index in [4.69, 9.17) is 5.73 Å². The minimum atomic E-state index is 0.657. The van der Waals surface area contributed by atoms with Crippen molar-refractivity contribution in [3.63, 3.8) is 0 Å². The summed E-state index contributed by atoms with van der Waals surface area (Å²) < 4.78 is 1.75. The largest absolute Gasteiger partial charge is 0.383 e. The smallest absolute Gasteiger partial charge is 0.130 e. The molecular weight excluding hydrogens is 114 g/mol. The summed E-state index contributed by atoms with van der Waals surface area (Å²) in [5, 5.41) is 0. The molecule has 0 aliphatic heterocycles. The van der Waals surface area contributed by atoms with Crippen molar-refractivity contribution < 1.29 is 0 Å². The summed E-state index contributed by atoms with van der Waals surface area (Å²) in [6.07, 6.45) is 3.29. The van der Waals surface area contributed by atoms with Gasteiger partial charge in [-0.25, -0.2) is 4.98 Å². The van der Waals surface area contributed by atoms with Gasteiger partial charge in [0, 0.05) is 7.05 Å². The molecule has 48 valence electrons. The molecule has 2 N–H and O–H groups in total. The molecule has 1 heterocycles. The molecule has 0 amide bonds. The summed E-state index contributed by atoms with van der Waals surface area (Å²) in [5.41, 5.74) is 6.29. The van der Waals surface area contributed by atoms with Gasteiger partial charge < -0.3 is 10.3 Å². The molecule has 0 aliphatic carbocycles. The van der Waals surface area contributed by atoms with Gasteiger partial charge in [0.1, 0.15) is 11.5 Å². The molecule has 3 nitrogen and oxygen atoms in total. The van der Waals surface area contributed by atoms with Crippen molar-refractivity contribution in [3.05, 3.63) is 18.6 Å². The van der Waals surface area contributed by atoms with Crippen LogP contribution in [0.4, 0.5) is 5.82 Å². The highest BCUT2D eigenvalue weighted by Gasteiger charge is 1.97. The number of nitrogen functional groups attached to an aromatic ring is 1. The average molecular weight is 123 g/mol. The highest BCUT2D eigenvalue weighted by atomic mass is 15.1. The van der Waals surface area contributed by atoms with Gasteiger partial charge in [0.15, 0.2) is 0 Å². The Hall–Kier alpha value is -1.25. The molecule has 0 spiro atoms. The molecule has 0 unspecified atom stereocenters. The molecule has 0 fully saturated rings. The SMILES string of the molecule is C=Cc1ncn(C)c1N. The van der Waals surface area contributed by atoms with E-state index >= 15 is 0 Å². The van der Waals surface area contributed by atoms with Gasteiger partial charge in [0.25, 0.3) is 0 Å². The minimum absolute atomic E-state index is 0.657. The first-order valence-electron chi connectivity index (χ1n) is 2.65. The Morgan fingerprint density at radius 2 is 2.56 bits per heavy atom. The maximum Gasteiger partial charge on any atom is 0.130 e. The number of aromatic nitrogens is 2. The molecule has 3 heteroatoms. The van der Waals surface area contributed by atoms with Crippen molar-refractivity contribution in [1.82, 2.24) is 9.55 Å². The molecule has 0 aromatic carbocycles. The fourth-order valence-corrected chi connectivity index (χ4v) is 0.615. The lowest BCUT2D eigenvalue weighted by atomic mass is 10.4. The molecule has 0 atom stereocenters. The Morgan fingerprint density at radius 3 is 2.78 bits per heavy atom. The summed E-state index contributed by atoms with van der Waals surface area (Å²) >= 11 is 0. The second-order valence-electron chi connectivity index (χ2n) is 1.83. The van der Waals surface area contributed by atoms with Crippen molar-refractivity contribution in [1.29, 1.82) is 0 Å². The van der Waals surface area contributed by atoms with Crippen LogP contribution in [0.5, 0.6) is 0 Å². The normalized spacial score (nSPS) is 9.44. The third-order valence-electron chi connectivity index (χ3n) is 1.21. The molecule has 1 rings (SSSR count). The van der Waals surface area contributed by atoms with E-state index in [9.17, 15) is 0 Å². The summed E-state index contributed by atoms with van der Waals surface area (Å²) in [5.74, 6) is 0.657. The van der Waals surface area contributed by atoms with E-state index < -0.39 is 0 Å². The molecule has 0 radical (unpaired) electrons. The van der Waals surface area contributed by atoms with Crippen molar-refractivity contribution >= 4 is 11.9 Å². The van der Waals surface area contributed by atoms with Crippen molar-refractivity contribution in [2.75, 3.05) is 5.73 Å². The van der Waals surface area contributed by atoms with Gasteiger partial charge in [0.2, 0.25) is 0 Å². The second-order valence-corrected chi connectivity index (χ2v) is 1.83. The standard InChI is InChI=1S/C6H9N3/c1-3-5-6(7)9(2)4-8-5/h3-4H,1,7H2,2H3. The van der Waals surface area contributed by atoms with Crippen LogP contribution in [-0.4, -0.2) is 9.55 Å². The Balaban J connectivity index is 3.18. The predicted molar refractivity (Wildman–Crippen MR) is 37.7 cm³/mol. The molecule has 9 heavy (non-hydrogen) atoms. The van der Waals surface area contributed by atoms with Gasteiger partial charge in [0.05, 0.1) is 6.33 Å². The highest BCUT2D eigenvalue weighted by molar-refractivity contribution is 5.55. The van der Waals surface area contributed by atoms with Crippen LogP contribution in [0.25, 0.3) is 6.08 Å². The second kappa shape index (κ2) is 1.93. The van der Waals surface area contributed by atoms with E-state index in [1.54, 1.807) is 17.0 Å². The van der Waals surface area contributed by atoms with E-state index in [1.807, 2.05) is 7.05 Å². The summed E-state index contributed by atoms with van der Waals surface area (Å²) in [4.78, 5) is 3.95. The molecule has 0 saturated carbocycles. The zero-order valence-corrected chi connectivity index (χ0v) is 5.33. The monoisotopic (exact) mass is 123 g/mol. The lowest BCUT2D eigenvalue weighted by Gasteiger charge is -1.91. The Morgan fingerprint density at radius 1 is 1.89 bits per heavy atom. The molecule has 0 saturated heterocycles. The van der Waals surface area contributed by atoms with Crippen LogP contribution in [0.3, 0.4) is 0 Å². The molecule has 0 bridgehead atoms. The number of aryl methyl sites for hydroxylation is 1. The molecule has 1 aromatic heterocycles. The Kier molecular flexibility index (Phi) is 1.26. The van der Waals surface area contributed by atoms with Crippen LogP contribution in [-0.2, 0) is 7.05 Å². The predicted octanol–water partition coefficient (Wildman–Crippen LogP) is 0.645. The zero-order chi connectivity index (χ0) is 6.85. The number of hydrogen-bond acceptors (Lipinski definition) is 2. The number of nitrogens with two attached hydrogens (primary N) is 1. The quantitative estimate of drug-likeness (QED) is 0.595. The zero-order valence-electron chi connectivity index (χ0n) is 5.33. The molecule has 1 aromatic rings. The minimum Gasteiger partial charge on any atom is -0.383 e. The van der Waals surface area contributed by atoms with Crippen LogP contribution in [0, 0.1) is 0 Å². The van der Waals surface area contributed by atoms with E-state index in [0.717, 1.165) is 5.69 Å². The first-order chi connectivity index (χ1) is 4.25. The van der Waals surface area contributed by atoms with Crippen LogP contribution in [0.1, 0.15) is 5.69 Å². The maximum atomic E-state index is 5.54. The van der Waals surface area contributed by atoms with Gasteiger partial charge in [-0.15, -0.1) is 0 Å². The summed E-state index contributed by atoms with van der Waals surface area (Å²) in [6, 6.07) is 0. The van der Waals surface area contributed by atoms with E-state index in [0.29, 0.717) is 5.82 Å². The lowest BCUT2D eigenvalue weighted by molar-refractivity contribution is 0.925. The van der Waals surface area contributed by atoms with Gasteiger partial charge in [-0.05, 0) is 6.08 Å². The fraction of sp³-hybridized carbons (Fsp3) is 0.167. The number of anilines is 1. The fourth-order valence-electron chi connectivity index (χ4n) is 0.615. The highest BCUT2D eigenvalue weighted by Crippen LogP contribution is 2.07. The Bertz CT molecular complexity index is 224. The van der Waals surface area contributed by atoms with Crippen molar-refractivity contribution in [2.24, 2.45) is 7.05 Å². The van der Waals surface area contributed by atoms with E-state index in [2.05, 4.69) is 11.6 Å². The Labute approximate surface area is 53.8 Å². The van der Waals surface area contributed by atoms with Crippen molar-refractivity contribution in [3.8, 4) is 0 Å². The third-order valence-corrected chi connectivity index (χ3v) is 1.21. The molecule has 0 aliphatic rings. The van der Waals surface area contributed by atoms with Gasteiger partial charge in [-0.1, -0.05) is 6.58 Å². The van der Waals surface area contributed by atoms with Crippen LogP contribution < -0.4 is 5.73 Å². The first-order valence-corrected chi connectivity index (χ1v) is 2.65. The van der Waals surface area contributed by atoms with E-state index in [1.165, 1.54) is 0 Å². The number of imidazole rings is 1. The van der Waals surface area contributed by atoms with Crippen molar-refractivity contribution in [2.45, 2.75) is 0 Å². The average Bonchev–Trinajstić information content (AvgIpc) is 2.15. The molecular formula is C6H9N3. The first kappa shape index (κ1) is 5.88. The number of rotatable bonds is 1. The lowest BCUT2D eigenvalue weighted by Crippen LogP contribution is -1.95. The van der Waals surface area contributed by atoms with Gasteiger partial charge >= 0.3 is 0 Å². The van der Waals surface area contributed by atoms with Crippen LogP contribution in [0.2, 0.25) is 0 Å². The third kappa shape index (κ3) is 0.806. The topological polar surface area (TPSA) is 43.8 Å². The van der Waals surface area contributed by atoms with Crippen LogP contribution in [0.15, 0.2) is 12.9 Å². The summed E-state index contributed by atoms with van der Waals surface area (Å²) in [7, 11) is 1.84. The van der Waals surface area contributed by atoms with Crippen LogP contribution >= 0.6 is 0 Å². The summed E-state index contributed by atoms with van der Waals surface area (Å²) in [6.45, 7) is 3.55. The number of nitrogens with zero attached hydrogens (tertiary/aromatic N) is 2. The number of hydrogen-bond donors (Lipinski definition) is 1. The van der Waals surface area contributed by atoms with Gasteiger partial charge in [-0.2, -0.15) is 0 Å². The van der Waals surface area contributed by atoms with Gasteiger partial charge in [-0.3, -0.25) is 0 Å². The van der Waals surface area contributed by atoms with E-state index in [-0.39, 0.29) is 0 Å².